The zero-order valence-corrected chi connectivity index (χ0v) is 23.8. The Morgan fingerprint density at radius 2 is 1.69 bits per heavy atom. The van der Waals surface area contributed by atoms with Gasteiger partial charge in [-0.25, -0.2) is 0 Å². The Balaban J connectivity index is 1.47. The highest BCUT2D eigenvalue weighted by Gasteiger charge is 2.65. The number of carbonyl (C=O) groups excluding carboxylic acids is 2. The van der Waals surface area contributed by atoms with Crippen molar-refractivity contribution < 1.29 is 14.3 Å². The van der Waals surface area contributed by atoms with Crippen molar-refractivity contribution in [2.75, 3.05) is 0 Å². The van der Waals surface area contributed by atoms with Crippen LogP contribution in [0, 0.1) is 39.4 Å². The minimum absolute atomic E-state index is 0.0117. The Kier molecular flexibility index (Phi) is 5.97. The number of allylic oxidation sites excluding steroid dienone is 2. The van der Waals surface area contributed by atoms with Gasteiger partial charge in [-0.1, -0.05) is 60.1 Å². The third-order valence-corrected chi connectivity index (χ3v) is 12.0. The normalized spacial score (nSPS) is 41.2. The van der Waals surface area contributed by atoms with Crippen LogP contribution in [-0.2, 0) is 9.53 Å². The maximum absolute atomic E-state index is 12.6. The molecule has 4 aliphatic carbocycles. The van der Waals surface area contributed by atoms with Crippen LogP contribution in [-0.4, -0.2) is 22.8 Å². The average molecular weight is 494 g/mol. The molecule has 0 saturated heterocycles. The Hall–Kier alpha value is -1.84. The maximum atomic E-state index is 12.6. The summed E-state index contributed by atoms with van der Waals surface area (Å²) < 4.78 is 5.85. The van der Waals surface area contributed by atoms with E-state index in [1.165, 1.54) is 31.2 Å². The minimum atomic E-state index is -0.148. The predicted molar refractivity (Wildman–Crippen MR) is 144 cm³/mol. The lowest BCUT2D eigenvalue weighted by Crippen LogP contribution is -2.58. The number of esters is 1. The van der Waals surface area contributed by atoms with E-state index in [9.17, 15) is 9.59 Å². The van der Waals surface area contributed by atoms with E-state index in [0.717, 1.165) is 25.0 Å². The monoisotopic (exact) mass is 493 g/mol. The van der Waals surface area contributed by atoms with Crippen molar-refractivity contribution in [1.29, 1.82) is 0 Å². The van der Waals surface area contributed by atoms with Gasteiger partial charge in [0.05, 0.1) is 5.69 Å². The van der Waals surface area contributed by atoms with E-state index < -0.39 is 0 Å². The van der Waals surface area contributed by atoms with E-state index in [1.807, 2.05) is 13.8 Å². The molecule has 3 saturated carbocycles. The van der Waals surface area contributed by atoms with Crippen LogP contribution in [0.5, 0.6) is 0 Å². The number of H-pyrrole nitrogens is 1. The van der Waals surface area contributed by atoms with E-state index >= 15 is 0 Å². The lowest BCUT2D eigenvalue weighted by atomic mass is 9.41. The van der Waals surface area contributed by atoms with Gasteiger partial charge in [-0.15, -0.1) is 0 Å². The number of hydrogen-bond donors (Lipinski definition) is 1. The van der Waals surface area contributed by atoms with Gasteiger partial charge in [0, 0.05) is 24.5 Å². The summed E-state index contributed by atoms with van der Waals surface area (Å²) in [6, 6.07) is 2.15. The van der Waals surface area contributed by atoms with Crippen LogP contribution < -0.4 is 0 Å². The Labute approximate surface area is 218 Å². The third-order valence-electron chi connectivity index (χ3n) is 12.0. The van der Waals surface area contributed by atoms with Crippen LogP contribution in [0.3, 0.4) is 0 Å². The molecule has 7 atom stereocenters. The number of ketones is 1. The molecule has 4 aliphatic rings. The van der Waals surface area contributed by atoms with Crippen molar-refractivity contribution in [3.8, 4) is 0 Å². The molecule has 4 nitrogen and oxygen atoms in total. The summed E-state index contributed by atoms with van der Waals surface area (Å²) >= 11 is 0. The number of aromatic amines is 1. The highest BCUT2D eigenvalue weighted by Crippen LogP contribution is 2.74. The van der Waals surface area contributed by atoms with Crippen LogP contribution in [0.2, 0.25) is 0 Å². The molecular weight excluding hydrogens is 446 g/mol. The highest BCUT2D eigenvalue weighted by molar-refractivity contribution is 5.96. The standard InChI is InChI=1S/C32H47NO3/c1-19(2)28(35)25-17-21(18-33-25)22-11-15-32(8)24-9-10-26-29(4,5)27(36-20(3)34)13-14-30(26,6)23(24)12-16-31(22,32)7/h9,17-19,22-23,26-27,33H,10-16H2,1-8H3/t22-,23-,26-,27+,30+,31-,32+/m0/s1. The van der Waals surface area contributed by atoms with Gasteiger partial charge >= 0.3 is 5.97 Å². The number of fused-ring (bicyclic) bond motifs is 5. The molecule has 1 heterocycles. The molecule has 0 bridgehead atoms. The summed E-state index contributed by atoms with van der Waals surface area (Å²) in [5.74, 6) is 1.68. The number of rotatable bonds is 4. The molecule has 1 aromatic heterocycles. The lowest BCUT2D eigenvalue weighted by molar-refractivity contribution is -0.174. The molecule has 0 aromatic carbocycles. The average Bonchev–Trinajstić information content (AvgIpc) is 3.37. The maximum Gasteiger partial charge on any atom is 0.302 e. The molecule has 36 heavy (non-hydrogen) atoms. The van der Waals surface area contributed by atoms with Crippen LogP contribution in [0.15, 0.2) is 23.9 Å². The first-order chi connectivity index (χ1) is 16.8. The number of Topliss-reactive ketones (excluding diaryl/α,β-unsaturated/α-hetero) is 1. The molecule has 0 aliphatic heterocycles. The van der Waals surface area contributed by atoms with Crippen LogP contribution >= 0.6 is 0 Å². The number of carbonyl (C=O) groups is 2. The first kappa shape index (κ1) is 25.8. The second kappa shape index (κ2) is 8.33. The Bertz CT molecular complexity index is 1090. The molecular formula is C32H47NO3. The van der Waals surface area contributed by atoms with Crippen LogP contribution in [0.25, 0.3) is 0 Å². The van der Waals surface area contributed by atoms with E-state index in [0.29, 0.717) is 17.8 Å². The van der Waals surface area contributed by atoms with Crippen molar-refractivity contribution in [3.05, 3.63) is 35.2 Å². The summed E-state index contributed by atoms with van der Waals surface area (Å²) in [6.07, 6.45) is 12.8. The molecule has 1 N–H and O–H groups in total. The second-order valence-corrected chi connectivity index (χ2v) is 14.2. The number of ether oxygens (including phenoxy) is 1. The fourth-order valence-corrected chi connectivity index (χ4v) is 9.69. The SMILES string of the molecule is CC(=O)O[C@@H]1CC[C@]2(C)[C@H]3CC[C@@]4(C)[C@H](c5c[nH]c(C(=O)C(C)C)c5)CC[C@]4(C)C3=CC[C@H]2C1(C)C. The Morgan fingerprint density at radius 3 is 2.36 bits per heavy atom. The van der Waals surface area contributed by atoms with E-state index in [-0.39, 0.29) is 45.4 Å². The summed E-state index contributed by atoms with van der Waals surface area (Å²) in [6.45, 7) is 17.8. The first-order valence-corrected chi connectivity index (χ1v) is 14.4. The first-order valence-electron chi connectivity index (χ1n) is 14.4. The summed E-state index contributed by atoms with van der Waals surface area (Å²) in [4.78, 5) is 27.8. The predicted octanol–water partition coefficient (Wildman–Crippen LogP) is 7.86. The highest BCUT2D eigenvalue weighted by atomic mass is 16.5. The van der Waals surface area contributed by atoms with E-state index in [2.05, 4.69) is 57.9 Å². The zero-order valence-electron chi connectivity index (χ0n) is 23.8. The summed E-state index contributed by atoms with van der Waals surface area (Å²) in [5, 5.41) is 0. The van der Waals surface area contributed by atoms with Gasteiger partial charge in [0.25, 0.3) is 0 Å². The van der Waals surface area contributed by atoms with Gasteiger partial charge in [0.15, 0.2) is 5.78 Å². The zero-order chi connectivity index (χ0) is 26.3. The van der Waals surface area contributed by atoms with Crippen LogP contribution in [0.4, 0.5) is 0 Å². The molecule has 5 rings (SSSR count). The topological polar surface area (TPSA) is 59.2 Å². The van der Waals surface area contributed by atoms with Gasteiger partial charge in [-0.2, -0.15) is 0 Å². The molecule has 0 radical (unpaired) electrons. The largest absolute Gasteiger partial charge is 0.462 e. The fraction of sp³-hybridized carbons (Fsp3) is 0.750. The summed E-state index contributed by atoms with van der Waals surface area (Å²) in [5.41, 5.74) is 4.42. The number of aromatic nitrogens is 1. The van der Waals surface area contributed by atoms with Crippen molar-refractivity contribution >= 4 is 11.8 Å². The lowest BCUT2D eigenvalue weighted by Gasteiger charge is -2.64. The number of hydrogen-bond acceptors (Lipinski definition) is 3. The van der Waals surface area contributed by atoms with Crippen molar-refractivity contribution in [2.24, 2.45) is 39.4 Å². The number of nitrogens with one attached hydrogen (secondary N) is 1. The van der Waals surface area contributed by atoms with Gasteiger partial charge in [0.2, 0.25) is 0 Å². The fourth-order valence-electron chi connectivity index (χ4n) is 9.69. The van der Waals surface area contributed by atoms with Crippen LogP contribution in [0.1, 0.15) is 122 Å². The van der Waals surface area contributed by atoms with Gasteiger partial charge < -0.3 is 9.72 Å². The molecule has 198 valence electrons. The van der Waals surface area contributed by atoms with Crippen molar-refractivity contribution in [2.45, 2.75) is 112 Å². The molecule has 3 fully saturated rings. The molecule has 4 heteroatoms. The smallest absolute Gasteiger partial charge is 0.302 e. The minimum Gasteiger partial charge on any atom is -0.462 e. The molecule has 1 aromatic rings. The third kappa shape index (κ3) is 3.45. The summed E-state index contributed by atoms with van der Waals surface area (Å²) in [7, 11) is 0. The molecule has 0 amide bonds. The van der Waals surface area contributed by atoms with Crippen molar-refractivity contribution in [3.63, 3.8) is 0 Å². The van der Waals surface area contributed by atoms with Gasteiger partial charge in [-0.3, -0.25) is 9.59 Å². The van der Waals surface area contributed by atoms with E-state index in [4.69, 9.17) is 4.74 Å². The van der Waals surface area contributed by atoms with Gasteiger partial charge in [0.1, 0.15) is 6.10 Å². The van der Waals surface area contributed by atoms with Crippen molar-refractivity contribution in [1.82, 2.24) is 4.98 Å². The molecule has 0 unspecified atom stereocenters. The van der Waals surface area contributed by atoms with E-state index in [1.54, 1.807) is 12.5 Å². The Morgan fingerprint density at radius 1 is 1.00 bits per heavy atom. The molecule has 0 spiro atoms. The quantitative estimate of drug-likeness (QED) is 0.264. The van der Waals surface area contributed by atoms with Gasteiger partial charge in [-0.05, 0) is 90.6 Å². The second-order valence-electron chi connectivity index (χ2n) is 14.2.